The highest BCUT2D eigenvalue weighted by Crippen LogP contribution is 2.30. The summed E-state index contributed by atoms with van der Waals surface area (Å²) in [5.41, 5.74) is 1.60. The third-order valence-corrected chi connectivity index (χ3v) is 3.87. The molecule has 3 rings (SSSR count). The first-order valence-corrected chi connectivity index (χ1v) is 6.79. The van der Waals surface area contributed by atoms with Gasteiger partial charge in [0.1, 0.15) is 5.69 Å². The molecule has 0 radical (unpaired) electrons. The number of hydrogen-bond acceptors (Lipinski definition) is 4. The summed E-state index contributed by atoms with van der Waals surface area (Å²) in [6, 6.07) is 5.67. The summed E-state index contributed by atoms with van der Waals surface area (Å²) in [7, 11) is 0. The van der Waals surface area contributed by atoms with E-state index in [0.717, 1.165) is 11.4 Å². The summed E-state index contributed by atoms with van der Waals surface area (Å²) in [5.74, 6) is 2.68. The van der Waals surface area contributed by atoms with E-state index in [1.807, 2.05) is 23.6 Å². The molecule has 1 aliphatic heterocycles. The molecule has 1 aliphatic rings. The van der Waals surface area contributed by atoms with Gasteiger partial charge in [0.05, 0.1) is 5.69 Å². The van der Waals surface area contributed by atoms with Crippen molar-refractivity contribution in [2.45, 2.75) is 6.42 Å². The van der Waals surface area contributed by atoms with Gasteiger partial charge < -0.3 is 0 Å². The molecule has 1 unspecified atom stereocenters. The number of carbonyl (C=O) groups is 1. The maximum absolute atomic E-state index is 11.9. The Morgan fingerprint density at radius 2 is 2.32 bits per heavy atom. The van der Waals surface area contributed by atoms with Crippen molar-refractivity contribution in [3.63, 3.8) is 0 Å². The van der Waals surface area contributed by atoms with Gasteiger partial charge in [0.15, 0.2) is 5.13 Å². The highest BCUT2D eigenvalue weighted by atomic mass is 32.1. The van der Waals surface area contributed by atoms with E-state index in [9.17, 15) is 4.79 Å². The zero-order chi connectivity index (χ0) is 13.2. The van der Waals surface area contributed by atoms with Crippen LogP contribution in [0.1, 0.15) is 6.42 Å². The maximum atomic E-state index is 11.9. The van der Waals surface area contributed by atoms with Crippen LogP contribution in [0.2, 0.25) is 0 Å². The van der Waals surface area contributed by atoms with Crippen molar-refractivity contribution < 1.29 is 4.79 Å². The minimum absolute atomic E-state index is 0.00491. The SMILES string of the molecule is C#CC1CC(=O)N(c2nc(-c3ccccn3)cs2)C1. The van der Waals surface area contributed by atoms with Crippen LogP contribution in [0.15, 0.2) is 29.8 Å². The quantitative estimate of drug-likeness (QED) is 0.785. The van der Waals surface area contributed by atoms with Crippen molar-refractivity contribution in [3.05, 3.63) is 29.8 Å². The first-order valence-electron chi connectivity index (χ1n) is 5.91. The number of hydrogen-bond donors (Lipinski definition) is 0. The number of anilines is 1. The molecule has 94 valence electrons. The molecule has 1 atom stereocenters. The smallest absolute Gasteiger partial charge is 0.230 e. The van der Waals surface area contributed by atoms with E-state index < -0.39 is 0 Å². The molecule has 19 heavy (non-hydrogen) atoms. The summed E-state index contributed by atoms with van der Waals surface area (Å²) in [6.45, 7) is 0.560. The Labute approximate surface area is 115 Å². The molecule has 0 aliphatic carbocycles. The molecule has 2 aromatic rings. The van der Waals surface area contributed by atoms with Crippen molar-refractivity contribution in [2.24, 2.45) is 5.92 Å². The van der Waals surface area contributed by atoms with Crippen LogP contribution in [0.3, 0.4) is 0 Å². The monoisotopic (exact) mass is 269 g/mol. The molecule has 0 N–H and O–H groups in total. The summed E-state index contributed by atoms with van der Waals surface area (Å²) in [4.78, 5) is 22.3. The lowest BCUT2D eigenvalue weighted by molar-refractivity contribution is -0.117. The van der Waals surface area contributed by atoms with E-state index >= 15 is 0 Å². The van der Waals surface area contributed by atoms with Gasteiger partial charge in [0, 0.05) is 30.5 Å². The third kappa shape index (κ3) is 2.23. The van der Waals surface area contributed by atoms with Crippen LogP contribution in [0.25, 0.3) is 11.4 Å². The Morgan fingerprint density at radius 1 is 1.42 bits per heavy atom. The predicted molar refractivity (Wildman–Crippen MR) is 74.6 cm³/mol. The first kappa shape index (κ1) is 11.9. The van der Waals surface area contributed by atoms with Crippen LogP contribution >= 0.6 is 11.3 Å². The van der Waals surface area contributed by atoms with Crippen LogP contribution in [0, 0.1) is 18.3 Å². The van der Waals surface area contributed by atoms with Crippen molar-refractivity contribution in [1.82, 2.24) is 9.97 Å². The third-order valence-electron chi connectivity index (χ3n) is 3.01. The van der Waals surface area contributed by atoms with Crippen molar-refractivity contribution in [3.8, 4) is 23.7 Å². The number of carbonyl (C=O) groups excluding carboxylic acids is 1. The Morgan fingerprint density at radius 3 is 3.00 bits per heavy atom. The second-order valence-corrected chi connectivity index (χ2v) is 5.14. The van der Waals surface area contributed by atoms with E-state index in [0.29, 0.717) is 18.1 Å². The standard InChI is InChI=1S/C14H11N3OS/c1-2-10-7-13(18)17(8-10)14-16-12(9-19-14)11-5-3-4-6-15-11/h1,3-6,9-10H,7-8H2. The summed E-state index contributed by atoms with van der Waals surface area (Å²) >= 11 is 1.44. The van der Waals surface area contributed by atoms with Crippen molar-refractivity contribution in [2.75, 3.05) is 11.4 Å². The molecule has 3 heterocycles. The zero-order valence-corrected chi connectivity index (χ0v) is 10.9. The van der Waals surface area contributed by atoms with E-state index in [1.54, 1.807) is 11.1 Å². The van der Waals surface area contributed by atoms with Crippen LogP contribution < -0.4 is 4.90 Å². The molecular formula is C14H11N3OS. The molecule has 5 heteroatoms. The van der Waals surface area contributed by atoms with Gasteiger partial charge in [-0.1, -0.05) is 6.07 Å². The average molecular weight is 269 g/mol. The van der Waals surface area contributed by atoms with Gasteiger partial charge in [-0.25, -0.2) is 4.98 Å². The average Bonchev–Trinajstić information content (AvgIpc) is 3.06. The maximum Gasteiger partial charge on any atom is 0.230 e. The minimum atomic E-state index is -0.00491. The predicted octanol–water partition coefficient (Wildman–Crippen LogP) is 2.19. The highest BCUT2D eigenvalue weighted by Gasteiger charge is 2.31. The normalized spacial score (nSPS) is 18.6. The van der Waals surface area contributed by atoms with Gasteiger partial charge in [0.25, 0.3) is 0 Å². The molecule has 2 aromatic heterocycles. The first-order chi connectivity index (χ1) is 9.28. The van der Waals surface area contributed by atoms with Crippen LogP contribution in [-0.4, -0.2) is 22.4 Å². The molecule has 1 fully saturated rings. The van der Waals surface area contributed by atoms with Crippen LogP contribution in [0.5, 0.6) is 0 Å². The fraction of sp³-hybridized carbons (Fsp3) is 0.214. The van der Waals surface area contributed by atoms with Gasteiger partial charge in [-0.05, 0) is 12.1 Å². The number of amides is 1. The molecule has 0 bridgehead atoms. The Hall–Kier alpha value is -2.19. The summed E-state index contributed by atoms with van der Waals surface area (Å²) in [5, 5.41) is 2.61. The Bertz CT molecular complexity index is 644. The van der Waals surface area contributed by atoms with Crippen LogP contribution in [-0.2, 0) is 4.79 Å². The lowest BCUT2D eigenvalue weighted by Gasteiger charge is -2.10. The number of thiazole rings is 1. The number of pyridine rings is 1. The highest BCUT2D eigenvalue weighted by molar-refractivity contribution is 7.14. The number of aromatic nitrogens is 2. The second kappa shape index (κ2) is 4.82. The van der Waals surface area contributed by atoms with Gasteiger partial charge in [0.2, 0.25) is 5.91 Å². The van der Waals surface area contributed by atoms with E-state index in [-0.39, 0.29) is 11.8 Å². The second-order valence-electron chi connectivity index (χ2n) is 4.30. The van der Waals surface area contributed by atoms with Crippen LogP contribution in [0.4, 0.5) is 5.13 Å². The van der Waals surface area contributed by atoms with E-state index in [1.165, 1.54) is 11.3 Å². The van der Waals surface area contributed by atoms with Gasteiger partial charge in [-0.15, -0.1) is 23.7 Å². The Kier molecular flexibility index (Phi) is 3.02. The number of terminal acetylenes is 1. The van der Waals surface area contributed by atoms with E-state index in [2.05, 4.69) is 15.9 Å². The molecular weight excluding hydrogens is 258 g/mol. The minimum Gasteiger partial charge on any atom is -0.287 e. The lowest BCUT2D eigenvalue weighted by Crippen LogP contribution is -2.24. The molecule has 1 amide bonds. The van der Waals surface area contributed by atoms with E-state index in [4.69, 9.17) is 6.42 Å². The number of rotatable bonds is 2. The summed E-state index contributed by atoms with van der Waals surface area (Å²) < 4.78 is 0. The fourth-order valence-corrected chi connectivity index (χ4v) is 2.87. The molecule has 1 saturated heterocycles. The zero-order valence-electron chi connectivity index (χ0n) is 10.1. The van der Waals surface area contributed by atoms with Gasteiger partial charge in [-0.3, -0.25) is 14.7 Å². The molecule has 4 nitrogen and oxygen atoms in total. The van der Waals surface area contributed by atoms with Gasteiger partial charge >= 0.3 is 0 Å². The largest absolute Gasteiger partial charge is 0.287 e. The fourth-order valence-electron chi connectivity index (χ4n) is 2.02. The van der Waals surface area contributed by atoms with Crippen molar-refractivity contribution >= 4 is 22.4 Å². The summed E-state index contributed by atoms with van der Waals surface area (Å²) in [6.07, 6.45) is 7.51. The van der Waals surface area contributed by atoms with Crippen molar-refractivity contribution in [1.29, 1.82) is 0 Å². The Balaban J connectivity index is 1.87. The molecule has 0 saturated carbocycles. The topological polar surface area (TPSA) is 46.1 Å². The number of nitrogens with zero attached hydrogens (tertiary/aromatic N) is 3. The van der Waals surface area contributed by atoms with Gasteiger partial charge in [-0.2, -0.15) is 0 Å². The molecule has 0 aromatic carbocycles. The molecule has 0 spiro atoms. The lowest BCUT2D eigenvalue weighted by atomic mass is 10.1.